The summed E-state index contributed by atoms with van der Waals surface area (Å²) in [7, 11) is 0. The fourth-order valence-electron chi connectivity index (χ4n) is 1.44. The molecule has 0 aliphatic carbocycles. The molecule has 0 fully saturated rings. The van der Waals surface area contributed by atoms with E-state index in [4.69, 9.17) is 5.73 Å². The molecule has 0 aromatic heterocycles. The second-order valence-corrected chi connectivity index (χ2v) is 5.70. The predicted octanol–water partition coefficient (Wildman–Crippen LogP) is 3.39. The van der Waals surface area contributed by atoms with Crippen LogP contribution in [-0.4, -0.2) is 11.0 Å². The summed E-state index contributed by atoms with van der Waals surface area (Å²) < 4.78 is 0. The van der Waals surface area contributed by atoms with Crippen molar-refractivity contribution in [3.63, 3.8) is 0 Å². The summed E-state index contributed by atoms with van der Waals surface area (Å²) in [6.45, 7) is 6.59. The van der Waals surface area contributed by atoms with E-state index in [1.165, 1.54) is 11.1 Å². The van der Waals surface area contributed by atoms with Crippen molar-refractivity contribution in [3.8, 4) is 0 Å². The van der Waals surface area contributed by atoms with Crippen LogP contribution in [0.4, 0.5) is 0 Å². The summed E-state index contributed by atoms with van der Waals surface area (Å²) >= 11 is 1.92. The lowest BCUT2D eigenvalue weighted by atomic mass is 10.0. The van der Waals surface area contributed by atoms with Crippen LogP contribution in [0.5, 0.6) is 0 Å². The first-order chi connectivity index (χ1) is 7.13. The van der Waals surface area contributed by atoms with Crippen molar-refractivity contribution in [1.82, 2.24) is 0 Å². The van der Waals surface area contributed by atoms with Gasteiger partial charge in [-0.1, -0.05) is 45.0 Å². The highest BCUT2D eigenvalue weighted by Crippen LogP contribution is 2.20. The van der Waals surface area contributed by atoms with Gasteiger partial charge in [0, 0.05) is 11.8 Å². The molecule has 2 heteroatoms. The zero-order valence-electron chi connectivity index (χ0n) is 9.86. The van der Waals surface area contributed by atoms with Gasteiger partial charge in [0.1, 0.15) is 0 Å². The topological polar surface area (TPSA) is 26.0 Å². The number of hydrogen-bond acceptors (Lipinski definition) is 2. The largest absolute Gasteiger partial charge is 0.323 e. The summed E-state index contributed by atoms with van der Waals surface area (Å²) in [4.78, 5) is 0. The van der Waals surface area contributed by atoms with Crippen LogP contribution in [0.1, 0.15) is 37.9 Å². The molecule has 0 bridgehead atoms. The molecule has 0 saturated heterocycles. The van der Waals surface area contributed by atoms with Gasteiger partial charge in [0.05, 0.1) is 0 Å². The van der Waals surface area contributed by atoms with Gasteiger partial charge in [0.15, 0.2) is 0 Å². The van der Waals surface area contributed by atoms with Gasteiger partial charge >= 0.3 is 0 Å². The molecule has 1 aromatic carbocycles. The summed E-state index contributed by atoms with van der Waals surface area (Å²) in [5, 5.41) is 0.658. The third-order valence-corrected chi connectivity index (χ3v) is 3.61. The first-order valence-corrected chi connectivity index (χ1v) is 6.64. The van der Waals surface area contributed by atoms with Crippen LogP contribution in [0.15, 0.2) is 24.3 Å². The Labute approximate surface area is 97.4 Å². The lowest BCUT2D eigenvalue weighted by molar-refractivity contribution is 0.825. The fourth-order valence-corrected chi connectivity index (χ4v) is 2.22. The summed E-state index contributed by atoms with van der Waals surface area (Å²) in [5.74, 6) is 1.00. The van der Waals surface area contributed by atoms with Crippen LogP contribution in [0.25, 0.3) is 0 Å². The van der Waals surface area contributed by atoms with Crippen molar-refractivity contribution in [1.29, 1.82) is 0 Å². The maximum Gasteiger partial charge on any atom is 0.0386 e. The van der Waals surface area contributed by atoms with E-state index in [9.17, 15) is 0 Å². The van der Waals surface area contributed by atoms with Crippen molar-refractivity contribution >= 4 is 11.8 Å². The van der Waals surface area contributed by atoms with Crippen LogP contribution in [0.3, 0.4) is 0 Å². The molecule has 1 atom stereocenters. The highest BCUT2D eigenvalue weighted by atomic mass is 32.2. The number of thioether (sulfide) groups is 1. The van der Waals surface area contributed by atoms with Crippen molar-refractivity contribution in [3.05, 3.63) is 35.4 Å². The molecule has 2 N–H and O–H groups in total. The minimum absolute atomic E-state index is 0.170. The van der Waals surface area contributed by atoms with Gasteiger partial charge in [-0.3, -0.25) is 0 Å². The molecule has 1 aromatic rings. The highest BCUT2D eigenvalue weighted by molar-refractivity contribution is 7.99. The van der Waals surface area contributed by atoms with Crippen molar-refractivity contribution in [2.45, 2.75) is 38.5 Å². The third-order valence-electron chi connectivity index (χ3n) is 2.40. The zero-order valence-corrected chi connectivity index (χ0v) is 10.7. The first kappa shape index (κ1) is 12.6. The second kappa shape index (κ2) is 6.19. The van der Waals surface area contributed by atoms with E-state index in [0.29, 0.717) is 5.25 Å². The molecule has 15 heavy (non-hydrogen) atoms. The van der Waals surface area contributed by atoms with Gasteiger partial charge in [-0.25, -0.2) is 0 Å². The van der Waals surface area contributed by atoms with Gasteiger partial charge < -0.3 is 5.73 Å². The van der Waals surface area contributed by atoms with Gasteiger partial charge in [-0.05, 0) is 22.8 Å². The van der Waals surface area contributed by atoms with Crippen LogP contribution in [0.2, 0.25) is 0 Å². The maximum absolute atomic E-state index is 6.15. The molecule has 1 rings (SSSR count). The Morgan fingerprint density at radius 3 is 2.67 bits per heavy atom. The summed E-state index contributed by atoms with van der Waals surface area (Å²) in [6.07, 6.45) is 1.08. The standard InChI is InChI=1S/C13H21NS/c1-4-11-6-5-7-12(8-11)13(14)9-15-10(2)3/h5-8,10,13H,4,9,14H2,1-3H3. The van der Waals surface area contributed by atoms with Crippen molar-refractivity contribution < 1.29 is 0 Å². The van der Waals surface area contributed by atoms with Gasteiger partial charge in [-0.15, -0.1) is 0 Å². The normalized spacial score (nSPS) is 13.1. The van der Waals surface area contributed by atoms with E-state index in [-0.39, 0.29) is 6.04 Å². The smallest absolute Gasteiger partial charge is 0.0386 e. The first-order valence-electron chi connectivity index (χ1n) is 5.59. The predicted molar refractivity (Wildman–Crippen MR) is 70.3 cm³/mol. The molecule has 84 valence electrons. The molecule has 0 radical (unpaired) electrons. The molecule has 0 aliphatic heterocycles. The Hall–Kier alpha value is -0.470. The molecule has 0 saturated carbocycles. The minimum Gasteiger partial charge on any atom is -0.323 e. The Bertz CT molecular complexity index is 296. The van der Waals surface area contributed by atoms with Crippen LogP contribution in [-0.2, 0) is 6.42 Å². The van der Waals surface area contributed by atoms with E-state index < -0.39 is 0 Å². The van der Waals surface area contributed by atoms with Crippen LogP contribution in [0, 0.1) is 0 Å². The van der Waals surface area contributed by atoms with E-state index in [1.54, 1.807) is 0 Å². The molecular weight excluding hydrogens is 202 g/mol. The van der Waals surface area contributed by atoms with E-state index in [0.717, 1.165) is 12.2 Å². The maximum atomic E-state index is 6.15. The summed E-state index contributed by atoms with van der Waals surface area (Å²) in [6, 6.07) is 8.79. The summed E-state index contributed by atoms with van der Waals surface area (Å²) in [5.41, 5.74) is 8.78. The number of nitrogens with two attached hydrogens (primary N) is 1. The van der Waals surface area contributed by atoms with Crippen LogP contribution >= 0.6 is 11.8 Å². The molecular formula is C13H21NS. The van der Waals surface area contributed by atoms with E-state index >= 15 is 0 Å². The SMILES string of the molecule is CCc1cccc(C(N)CSC(C)C)c1. The average molecular weight is 223 g/mol. The number of hydrogen-bond donors (Lipinski definition) is 1. The molecule has 1 nitrogen and oxygen atoms in total. The van der Waals surface area contributed by atoms with Gasteiger partial charge in [0.25, 0.3) is 0 Å². The van der Waals surface area contributed by atoms with Gasteiger partial charge in [-0.2, -0.15) is 11.8 Å². The monoisotopic (exact) mass is 223 g/mol. The molecule has 0 heterocycles. The van der Waals surface area contributed by atoms with Crippen molar-refractivity contribution in [2.24, 2.45) is 5.73 Å². The molecule has 0 aliphatic rings. The lowest BCUT2D eigenvalue weighted by Gasteiger charge is -2.14. The third kappa shape index (κ3) is 4.27. The molecule has 0 spiro atoms. The molecule has 1 unspecified atom stereocenters. The van der Waals surface area contributed by atoms with E-state index in [2.05, 4.69) is 45.0 Å². The Morgan fingerprint density at radius 2 is 2.07 bits per heavy atom. The quantitative estimate of drug-likeness (QED) is 0.828. The molecule has 0 amide bonds. The number of benzene rings is 1. The average Bonchev–Trinajstić information content (AvgIpc) is 2.26. The fraction of sp³-hybridized carbons (Fsp3) is 0.538. The zero-order chi connectivity index (χ0) is 11.3. The number of aryl methyl sites for hydroxylation is 1. The highest BCUT2D eigenvalue weighted by Gasteiger charge is 2.07. The van der Waals surface area contributed by atoms with E-state index in [1.807, 2.05) is 11.8 Å². The Morgan fingerprint density at radius 1 is 1.33 bits per heavy atom. The Kier molecular flexibility index (Phi) is 5.20. The Balaban J connectivity index is 2.60. The lowest BCUT2D eigenvalue weighted by Crippen LogP contribution is -2.14. The number of rotatable bonds is 5. The minimum atomic E-state index is 0.170. The van der Waals surface area contributed by atoms with Gasteiger partial charge in [0.2, 0.25) is 0 Å². The second-order valence-electron chi connectivity index (χ2n) is 4.09. The van der Waals surface area contributed by atoms with Crippen molar-refractivity contribution in [2.75, 3.05) is 5.75 Å². The van der Waals surface area contributed by atoms with Crippen LogP contribution < -0.4 is 5.73 Å².